The molecular formula is C31H44F2N4O6. The first-order valence-electron chi connectivity index (χ1n) is 15.2. The maximum atomic E-state index is 13.7. The van der Waals surface area contributed by atoms with Crippen molar-refractivity contribution in [2.75, 3.05) is 33.4 Å². The molecule has 2 saturated heterocycles. The molecule has 3 N–H and O–H groups in total. The quantitative estimate of drug-likeness (QED) is 0.278. The Kier molecular flexibility index (Phi) is 10.8. The highest BCUT2D eigenvalue weighted by Gasteiger charge is 2.50. The highest BCUT2D eigenvalue weighted by Crippen LogP contribution is 2.33. The monoisotopic (exact) mass is 606 g/mol. The number of nitrogens with one attached hydrogen (secondary N) is 3. The lowest BCUT2D eigenvalue weighted by Gasteiger charge is -2.31. The first-order valence-corrected chi connectivity index (χ1v) is 15.2. The van der Waals surface area contributed by atoms with E-state index >= 15 is 0 Å². The second kappa shape index (κ2) is 14.1. The van der Waals surface area contributed by atoms with Gasteiger partial charge in [-0.2, -0.15) is 0 Å². The number of hydrogen-bond acceptors (Lipinski definition) is 7. The van der Waals surface area contributed by atoms with Gasteiger partial charge in [0.15, 0.2) is 5.78 Å². The lowest BCUT2D eigenvalue weighted by molar-refractivity contribution is -0.134. The van der Waals surface area contributed by atoms with Crippen LogP contribution in [-0.4, -0.2) is 91.4 Å². The van der Waals surface area contributed by atoms with Crippen LogP contribution in [0.15, 0.2) is 24.3 Å². The molecule has 4 rings (SSSR count). The molecule has 2 aliphatic heterocycles. The largest absolute Gasteiger partial charge is 0.497 e. The minimum Gasteiger partial charge on any atom is -0.497 e. The maximum Gasteiger partial charge on any atom is 0.250 e. The van der Waals surface area contributed by atoms with Crippen LogP contribution >= 0.6 is 0 Å². The van der Waals surface area contributed by atoms with Crippen LogP contribution in [0.4, 0.5) is 8.78 Å². The van der Waals surface area contributed by atoms with Gasteiger partial charge in [0.25, 0.3) is 5.92 Å². The molecule has 238 valence electrons. The normalized spacial score (nSPS) is 23.9. The average molecular weight is 607 g/mol. The number of piperidine rings is 1. The molecule has 4 unspecified atom stereocenters. The van der Waals surface area contributed by atoms with Crippen molar-refractivity contribution >= 4 is 23.5 Å². The van der Waals surface area contributed by atoms with E-state index in [1.54, 1.807) is 43.2 Å². The summed E-state index contributed by atoms with van der Waals surface area (Å²) in [4.78, 5) is 54.4. The van der Waals surface area contributed by atoms with Crippen molar-refractivity contribution in [2.24, 2.45) is 5.92 Å². The van der Waals surface area contributed by atoms with Crippen LogP contribution in [0.3, 0.4) is 0 Å². The Hall–Kier alpha value is -3.12. The van der Waals surface area contributed by atoms with Crippen LogP contribution in [-0.2, 0) is 30.3 Å². The number of ether oxygens (including phenoxy) is 2. The number of ketones is 1. The van der Waals surface area contributed by atoms with Crippen molar-refractivity contribution in [1.29, 1.82) is 0 Å². The second-order valence-electron chi connectivity index (χ2n) is 12.4. The Balaban J connectivity index is 1.41. The third kappa shape index (κ3) is 9.43. The summed E-state index contributed by atoms with van der Waals surface area (Å²) in [7, 11) is 1.55. The summed E-state index contributed by atoms with van der Waals surface area (Å²) in [5.74, 6) is -3.47. The smallest absolute Gasteiger partial charge is 0.250 e. The van der Waals surface area contributed by atoms with Gasteiger partial charge < -0.3 is 25.4 Å². The number of epoxide rings is 1. The number of carbonyl (C=O) groups excluding carboxylic acids is 4. The zero-order chi connectivity index (χ0) is 31.2. The molecule has 3 amide bonds. The molecule has 0 bridgehead atoms. The van der Waals surface area contributed by atoms with Gasteiger partial charge >= 0.3 is 0 Å². The van der Waals surface area contributed by atoms with Crippen molar-refractivity contribution in [3.63, 3.8) is 0 Å². The topological polar surface area (TPSA) is 129 Å². The van der Waals surface area contributed by atoms with Crippen LogP contribution in [0.2, 0.25) is 0 Å². The van der Waals surface area contributed by atoms with Crippen LogP contribution in [0.5, 0.6) is 5.75 Å². The van der Waals surface area contributed by atoms with Gasteiger partial charge in [-0.15, -0.1) is 0 Å². The van der Waals surface area contributed by atoms with Crippen LogP contribution in [0.25, 0.3) is 0 Å². The Morgan fingerprint density at radius 3 is 2.19 bits per heavy atom. The van der Waals surface area contributed by atoms with Crippen LogP contribution in [0.1, 0.15) is 64.4 Å². The molecule has 1 aromatic rings. The van der Waals surface area contributed by atoms with Gasteiger partial charge in [0, 0.05) is 32.4 Å². The highest BCUT2D eigenvalue weighted by atomic mass is 19.3. The number of methoxy groups -OCH3 is 1. The molecule has 0 radical (unpaired) electrons. The Morgan fingerprint density at radius 2 is 1.60 bits per heavy atom. The highest BCUT2D eigenvalue weighted by molar-refractivity contribution is 5.98. The number of likely N-dealkylation sites (tertiary alicyclic amines) is 1. The summed E-state index contributed by atoms with van der Waals surface area (Å²) < 4.78 is 37.5. The molecule has 0 aromatic heterocycles. The van der Waals surface area contributed by atoms with E-state index in [2.05, 4.69) is 16.0 Å². The van der Waals surface area contributed by atoms with E-state index in [1.165, 1.54) is 6.92 Å². The third-order valence-electron chi connectivity index (χ3n) is 8.73. The number of Topliss-reactive ketones (excluding diaryl/α,β-unsaturated/α-hetero) is 1. The molecule has 1 saturated carbocycles. The molecular weight excluding hydrogens is 562 g/mol. The van der Waals surface area contributed by atoms with Crippen molar-refractivity contribution in [3.05, 3.63) is 29.8 Å². The van der Waals surface area contributed by atoms with Gasteiger partial charge in [0.2, 0.25) is 17.7 Å². The molecule has 10 nitrogen and oxygen atoms in total. The van der Waals surface area contributed by atoms with E-state index in [1.807, 2.05) is 0 Å². The van der Waals surface area contributed by atoms with E-state index in [0.717, 1.165) is 31.2 Å². The second-order valence-corrected chi connectivity index (χ2v) is 12.4. The first-order chi connectivity index (χ1) is 20.4. The van der Waals surface area contributed by atoms with Crippen LogP contribution in [0, 0.1) is 5.92 Å². The summed E-state index contributed by atoms with van der Waals surface area (Å²) in [5, 5.41) is 8.28. The number of nitrogens with zero attached hydrogens (tertiary/aromatic N) is 1. The predicted molar refractivity (Wildman–Crippen MR) is 155 cm³/mol. The summed E-state index contributed by atoms with van der Waals surface area (Å²) in [6.07, 6.45) is 4.22. The minimum absolute atomic E-state index is 0.0932. The average Bonchev–Trinajstić information content (AvgIpc) is 3.51. The molecule has 0 spiro atoms. The Bertz CT molecular complexity index is 1140. The Morgan fingerprint density at radius 1 is 1.00 bits per heavy atom. The maximum absolute atomic E-state index is 13.7. The lowest BCUT2D eigenvalue weighted by atomic mass is 9.90. The van der Waals surface area contributed by atoms with E-state index < -0.39 is 47.4 Å². The van der Waals surface area contributed by atoms with Gasteiger partial charge in [-0.3, -0.25) is 24.1 Å². The minimum atomic E-state index is -2.72. The van der Waals surface area contributed by atoms with Gasteiger partial charge in [-0.1, -0.05) is 37.8 Å². The van der Waals surface area contributed by atoms with Gasteiger partial charge in [0.05, 0.1) is 26.3 Å². The number of amides is 3. The predicted octanol–water partition coefficient (Wildman–Crippen LogP) is 2.38. The van der Waals surface area contributed by atoms with Crippen molar-refractivity contribution < 1.29 is 37.4 Å². The van der Waals surface area contributed by atoms with Gasteiger partial charge in [0.1, 0.15) is 23.4 Å². The summed E-state index contributed by atoms with van der Waals surface area (Å²) >= 11 is 0. The summed E-state index contributed by atoms with van der Waals surface area (Å²) in [6.45, 7) is 3.62. The molecule has 2 heterocycles. The number of hydrogen-bond donors (Lipinski definition) is 3. The number of halogens is 2. The molecule has 3 aliphatic rings. The molecule has 12 heteroatoms. The van der Waals surface area contributed by atoms with Gasteiger partial charge in [-0.25, -0.2) is 8.78 Å². The first kappa shape index (κ1) is 32.8. The zero-order valence-electron chi connectivity index (χ0n) is 25.3. The third-order valence-corrected chi connectivity index (χ3v) is 8.73. The zero-order valence-corrected chi connectivity index (χ0v) is 25.3. The van der Waals surface area contributed by atoms with E-state index in [-0.39, 0.29) is 44.7 Å². The fraction of sp³-hybridized carbons (Fsp3) is 0.677. The molecule has 43 heavy (non-hydrogen) atoms. The number of carbonyl (C=O) groups is 4. The standard InChI is InChI=1S/C31H44F2N4O6/c1-20(34-26(38)18-37-14-12-31(32,33)13-15-37)28(40)36-25(17-22-8-10-23(42-3)11-9-22)29(41)35-24(16-21-6-4-5-7-21)27(39)30(2)19-43-30/h8-11,20-21,24-25H,4-7,12-19H2,1-3H3,(H,34,38)(H,35,41)(H,36,40). The van der Waals surface area contributed by atoms with Crippen molar-refractivity contribution in [3.8, 4) is 5.75 Å². The number of benzene rings is 1. The van der Waals surface area contributed by atoms with E-state index in [9.17, 15) is 28.0 Å². The molecule has 1 aromatic carbocycles. The van der Waals surface area contributed by atoms with Crippen LogP contribution < -0.4 is 20.7 Å². The van der Waals surface area contributed by atoms with Gasteiger partial charge in [-0.05, 0) is 43.9 Å². The lowest BCUT2D eigenvalue weighted by Crippen LogP contribution is -2.57. The van der Waals surface area contributed by atoms with E-state index in [0.29, 0.717) is 24.7 Å². The summed E-state index contributed by atoms with van der Waals surface area (Å²) in [5.41, 5.74) is -0.148. The molecule has 1 aliphatic carbocycles. The van der Waals surface area contributed by atoms with E-state index in [4.69, 9.17) is 9.47 Å². The molecule has 4 atom stereocenters. The van der Waals surface area contributed by atoms with Crippen molar-refractivity contribution in [1.82, 2.24) is 20.9 Å². The molecule has 3 fully saturated rings. The SMILES string of the molecule is COc1ccc(CC(NC(=O)C(C)NC(=O)CN2CCC(F)(F)CC2)C(=O)NC(CC2CCCC2)C(=O)C2(C)CO2)cc1. The fourth-order valence-corrected chi connectivity index (χ4v) is 5.80. The Labute approximate surface area is 251 Å². The number of alkyl halides is 2. The fourth-order valence-electron chi connectivity index (χ4n) is 5.80. The number of rotatable bonds is 14. The summed E-state index contributed by atoms with van der Waals surface area (Å²) in [6, 6.07) is 4.33. The van der Waals surface area contributed by atoms with Crippen molar-refractivity contribution in [2.45, 2.75) is 94.9 Å².